The number of nitrogens with zero attached hydrogens (tertiary/aromatic N) is 7. The molecule has 1 spiro atoms. The molecule has 0 N–H and O–H groups in total. The lowest BCUT2D eigenvalue weighted by molar-refractivity contribution is -0.128. The van der Waals surface area contributed by atoms with Crippen LogP contribution in [0.1, 0.15) is 60.7 Å². The third kappa shape index (κ3) is 4.72. The van der Waals surface area contributed by atoms with Gasteiger partial charge in [0, 0.05) is 75.2 Å². The van der Waals surface area contributed by atoms with E-state index in [-0.39, 0.29) is 24.2 Å². The number of piperazine rings is 1. The second-order valence-corrected chi connectivity index (χ2v) is 12.6. The van der Waals surface area contributed by atoms with Crippen molar-refractivity contribution in [2.24, 2.45) is 0 Å². The Morgan fingerprint density at radius 2 is 1.95 bits per heavy atom. The maximum atomic E-state index is 14.5. The maximum Gasteiger partial charge on any atom is 0.280 e. The molecule has 1 amide bonds. The smallest absolute Gasteiger partial charge is 0.280 e. The quantitative estimate of drug-likeness (QED) is 0.485. The molecule has 2 aromatic rings. The largest absolute Gasteiger partial charge is 0.366 e. The van der Waals surface area contributed by atoms with Gasteiger partial charge >= 0.3 is 0 Å². The molecule has 3 atom stereocenters. The molecule has 9 nitrogen and oxygen atoms in total. The molecule has 3 fully saturated rings. The van der Waals surface area contributed by atoms with Gasteiger partial charge in [-0.3, -0.25) is 14.4 Å². The minimum atomic E-state index is -2.65. The van der Waals surface area contributed by atoms with E-state index in [0.29, 0.717) is 62.9 Å². The van der Waals surface area contributed by atoms with E-state index in [9.17, 15) is 18.0 Å². The number of hydrogen-bond donors (Lipinski definition) is 0. The van der Waals surface area contributed by atoms with Gasteiger partial charge in [-0.15, -0.1) is 0 Å². The monoisotopic (exact) mass is 599 g/mol. The fourth-order valence-electron chi connectivity index (χ4n) is 8.10. The lowest BCUT2D eigenvalue weighted by Gasteiger charge is -2.55. The SMILES string of the molecule is C=CC(=O)N1CCN(C2CN3c4cc(N5CCC6(CC5)OCC(CF)n5ncc(C)c56)nc(C(F)F)c4CCCC23)CC1. The Balaban J connectivity index is 1.11. The lowest BCUT2D eigenvalue weighted by Crippen LogP contribution is -2.69. The zero-order valence-corrected chi connectivity index (χ0v) is 24.7. The predicted molar refractivity (Wildman–Crippen MR) is 156 cm³/mol. The Kier molecular flexibility index (Phi) is 7.40. The summed E-state index contributed by atoms with van der Waals surface area (Å²) in [5, 5.41) is 4.46. The molecule has 232 valence electrons. The van der Waals surface area contributed by atoms with Crippen molar-refractivity contribution in [3.63, 3.8) is 0 Å². The molecule has 3 unspecified atom stereocenters. The molecule has 0 saturated carbocycles. The average molecular weight is 600 g/mol. The highest BCUT2D eigenvalue weighted by Crippen LogP contribution is 2.46. The summed E-state index contributed by atoms with van der Waals surface area (Å²) in [6.45, 7) is 10.3. The Labute approximate surface area is 250 Å². The summed E-state index contributed by atoms with van der Waals surface area (Å²) in [7, 11) is 0. The first-order valence-electron chi connectivity index (χ1n) is 15.6. The molecule has 7 heterocycles. The number of rotatable bonds is 5. The zero-order chi connectivity index (χ0) is 29.9. The molecule has 0 aromatic carbocycles. The van der Waals surface area contributed by atoms with E-state index in [4.69, 9.17) is 4.74 Å². The molecule has 3 saturated heterocycles. The van der Waals surface area contributed by atoms with Crippen LogP contribution in [0.2, 0.25) is 0 Å². The van der Waals surface area contributed by atoms with E-state index in [0.717, 1.165) is 49.4 Å². The fraction of sp³-hybridized carbons (Fsp3) is 0.645. The number of anilines is 2. The van der Waals surface area contributed by atoms with Crippen LogP contribution in [0.4, 0.5) is 24.7 Å². The van der Waals surface area contributed by atoms with Gasteiger partial charge in [0.05, 0.1) is 18.5 Å². The van der Waals surface area contributed by atoms with Crippen LogP contribution in [0.15, 0.2) is 24.9 Å². The third-order valence-electron chi connectivity index (χ3n) is 10.4. The molecule has 2 aromatic heterocycles. The highest BCUT2D eigenvalue weighted by atomic mass is 19.3. The van der Waals surface area contributed by atoms with Gasteiger partial charge in [0.2, 0.25) is 5.91 Å². The topological polar surface area (TPSA) is 70.0 Å². The summed E-state index contributed by atoms with van der Waals surface area (Å²) in [6.07, 6.45) is 4.19. The molecule has 12 heteroatoms. The minimum absolute atomic E-state index is 0.0266. The van der Waals surface area contributed by atoms with E-state index in [2.05, 4.69) is 31.4 Å². The van der Waals surface area contributed by atoms with E-state index >= 15 is 0 Å². The number of alkyl halides is 3. The Bertz CT molecular complexity index is 1380. The number of carbonyl (C=O) groups is 1. The highest BCUT2D eigenvalue weighted by Gasteiger charge is 2.48. The highest BCUT2D eigenvalue weighted by molar-refractivity contribution is 5.87. The van der Waals surface area contributed by atoms with Gasteiger partial charge in [-0.25, -0.2) is 18.2 Å². The fourth-order valence-corrected chi connectivity index (χ4v) is 8.10. The number of piperidine rings is 1. The van der Waals surface area contributed by atoms with E-state index in [1.165, 1.54) is 6.08 Å². The van der Waals surface area contributed by atoms with Gasteiger partial charge in [-0.1, -0.05) is 6.58 Å². The van der Waals surface area contributed by atoms with Gasteiger partial charge in [-0.2, -0.15) is 5.10 Å². The molecule has 5 aliphatic heterocycles. The van der Waals surface area contributed by atoms with Crippen LogP contribution in [-0.2, 0) is 21.6 Å². The second-order valence-electron chi connectivity index (χ2n) is 12.6. The van der Waals surface area contributed by atoms with Crippen molar-refractivity contribution in [2.45, 2.75) is 69.2 Å². The van der Waals surface area contributed by atoms with Crippen LogP contribution in [0.3, 0.4) is 0 Å². The Morgan fingerprint density at radius 1 is 1.19 bits per heavy atom. The maximum absolute atomic E-state index is 14.5. The van der Waals surface area contributed by atoms with Crippen LogP contribution in [-0.4, -0.2) is 102 Å². The third-order valence-corrected chi connectivity index (χ3v) is 10.4. The molecule has 0 aliphatic carbocycles. The summed E-state index contributed by atoms with van der Waals surface area (Å²) < 4.78 is 50.8. The molecule has 7 rings (SSSR count). The summed E-state index contributed by atoms with van der Waals surface area (Å²) >= 11 is 0. The van der Waals surface area contributed by atoms with E-state index in [1.54, 1.807) is 10.9 Å². The minimum Gasteiger partial charge on any atom is -0.366 e. The number of fused-ring (bicyclic) bond motifs is 5. The average Bonchev–Trinajstić information content (AvgIpc) is 3.35. The van der Waals surface area contributed by atoms with Gasteiger partial charge in [0.25, 0.3) is 6.43 Å². The lowest BCUT2D eigenvalue weighted by atomic mass is 9.84. The number of amides is 1. The molecular formula is C31H40F3N7O2. The van der Waals surface area contributed by atoms with Crippen molar-refractivity contribution < 1.29 is 22.7 Å². The number of pyridine rings is 1. The van der Waals surface area contributed by atoms with Gasteiger partial charge in [0.15, 0.2) is 0 Å². The standard InChI is InChI=1S/C31H40F3N7O2/c1-3-27(42)39-13-11-37(12-14-39)25-18-40-23(25)6-4-5-22-24(40)15-26(36-28(22)30(33)34)38-9-7-31(8-10-38)29-20(2)17-35-41(29)21(16-32)19-43-31/h3,15,17,21,23,25,30H,1,4-14,16,18-19H2,2H3. The summed E-state index contributed by atoms with van der Waals surface area (Å²) in [6, 6.07) is 2.22. The molecular weight excluding hydrogens is 559 g/mol. The van der Waals surface area contributed by atoms with Crippen LogP contribution < -0.4 is 9.80 Å². The van der Waals surface area contributed by atoms with Crippen LogP contribution >= 0.6 is 0 Å². The van der Waals surface area contributed by atoms with Crippen LogP contribution in [0, 0.1) is 6.92 Å². The van der Waals surface area contributed by atoms with Crippen molar-refractivity contribution >= 4 is 17.4 Å². The van der Waals surface area contributed by atoms with E-state index < -0.39 is 24.7 Å². The van der Waals surface area contributed by atoms with Crippen LogP contribution in [0.5, 0.6) is 0 Å². The summed E-state index contributed by atoms with van der Waals surface area (Å²) in [5.74, 6) is 0.563. The van der Waals surface area contributed by atoms with Crippen molar-refractivity contribution in [1.29, 1.82) is 0 Å². The normalized spacial score (nSPS) is 26.9. The number of carbonyl (C=O) groups excluding carboxylic acids is 1. The summed E-state index contributed by atoms with van der Waals surface area (Å²) in [4.78, 5) is 25.3. The number of hydrogen-bond acceptors (Lipinski definition) is 7. The van der Waals surface area contributed by atoms with Crippen molar-refractivity contribution in [3.05, 3.63) is 47.4 Å². The summed E-state index contributed by atoms with van der Waals surface area (Å²) in [5.41, 5.74) is 2.85. The Morgan fingerprint density at radius 3 is 2.65 bits per heavy atom. The van der Waals surface area contributed by atoms with Gasteiger partial charge in [-0.05, 0) is 50.7 Å². The van der Waals surface area contributed by atoms with Crippen molar-refractivity contribution in [2.75, 3.05) is 68.9 Å². The van der Waals surface area contributed by atoms with Gasteiger partial charge < -0.3 is 19.4 Å². The number of halogens is 3. The van der Waals surface area contributed by atoms with Crippen LogP contribution in [0.25, 0.3) is 0 Å². The first kappa shape index (κ1) is 28.6. The second kappa shape index (κ2) is 11.1. The molecule has 43 heavy (non-hydrogen) atoms. The number of ether oxygens (including phenoxy) is 1. The molecule has 0 radical (unpaired) electrons. The molecule has 0 bridgehead atoms. The number of aryl methyl sites for hydroxylation is 1. The van der Waals surface area contributed by atoms with Crippen molar-refractivity contribution in [1.82, 2.24) is 24.6 Å². The number of aromatic nitrogens is 3. The zero-order valence-electron chi connectivity index (χ0n) is 24.7. The first-order chi connectivity index (χ1) is 20.8. The van der Waals surface area contributed by atoms with Gasteiger partial charge in [0.1, 0.15) is 29.8 Å². The molecule has 5 aliphatic rings. The van der Waals surface area contributed by atoms with Crippen molar-refractivity contribution in [3.8, 4) is 0 Å². The van der Waals surface area contributed by atoms with E-state index in [1.807, 2.05) is 17.9 Å². The predicted octanol–water partition coefficient (Wildman–Crippen LogP) is 3.78. The first-order valence-corrected chi connectivity index (χ1v) is 15.6. The Hall–Kier alpha value is -3.12.